The molecule has 1 unspecified atom stereocenters. The molecule has 0 aliphatic carbocycles. The molecule has 0 bridgehead atoms. The summed E-state index contributed by atoms with van der Waals surface area (Å²) < 4.78 is 13.1. The fraction of sp³-hybridized carbons (Fsp3) is 0.200. The van der Waals surface area contributed by atoms with E-state index in [2.05, 4.69) is 23.5 Å². The number of halogens is 1. The fourth-order valence-corrected chi connectivity index (χ4v) is 2.45. The lowest BCUT2D eigenvalue weighted by molar-refractivity contribution is 0.623. The average molecular weight is 227 g/mol. The third-order valence-electron chi connectivity index (χ3n) is 3.21. The normalized spacial score (nSPS) is 17.6. The second-order valence-electron chi connectivity index (χ2n) is 4.54. The van der Waals surface area contributed by atoms with E-state index in [0.717, 1.165) is 18.4 Å². The van der Waals surface area contributed by atoms with Crippen LogP contribution in [0.3, 0.4) is 0 Å². The van der Waals surface area contributed by atoms with Crippen LogP contribution < -0.4 is 5.32 Å². The first-order valence-electron chi connectivity index (χ1n) is 5.90. The van der Waals surface area contributed by atoms with Crippen LogP contribution in [0, 0.1) is 5.82 Å². The first-order chi connectivity index (χ1) is 8.31. The van der Waals surface area contributed by atoms with Gasteiger partial charge < -0.3 is 5.32 Å². The Balaban J connectivity index is 1.74. The highest BCUT2D eigenvalue weighted by molar-refractivity contribution is 5.56. The van der Waals surface area contributed by atoms with Gasteiger partial charge in [-0.05, 0) is 42.2 Å². The molecular formula is C15H14FN. The Labute approximate surface area is 100 Å². The molecule has 1 heterocycles. The second kappa shape index (κ2) is 4.21. The topological polar surface area (TPSA) is 12.0 Å². The molecule has 0 saturated heterocycles. The Morgan fingerprint density at radius 1 is 1.12 bits per heavy atom. The summed E-state index contributed by atoms with van der Waals surface area (Å²) in [6.07, 6.45) is 1.89. The molecule has 0 amide bonds. The van der Waals surface area contributed by atoms with E-state index >= 15 is 0 Å². The van der Waals surface area contributed by atoms with Crippen molar-refractivity contribution >= 4 is 5.69 Å². The summed E-state index contributed by atoms with van der Waals surface area (Å²) in [7, 11) is 0. The first-order valence-corrected chi connectivity index (χ1v) is 5.90. The summed E-state index contributed by atoms with van der Waals surface area (Å²) >= 11 is 0. The van der Waals surface area contributed by atoms with Crippen LogP contribution in [0.25, 0.3) is 0 Å². The van der Waals surface area contributed by atoms with Gasteiger partial charge in [0.25, 0.3) is 0 Å². The first kappa shape index (κ1) is 10.3. The quantitative estimate of drug-likeness (QED) is 0.829. The Bertz CT molecular complexity index is 511. The van der Waals surface area contributed by atoms with Crippen LogP contribution in [0.15, 0.2) is 48.5 Å². The largest absolute Gasteiger partial charge is 0.381 e. The van der Waals surface area contributed by atoms with Gasteiger partial charge in [-0.15, -0.1) is 0 Å². The smallest absolute Gasteiger partial charge is 0.123 e. The number of rotatable bonds is 2. The third kappa shape index (κ3) is 2.16. The van der Waals surface area contributed by atoms with Gasteiger partial charge in [0.1, 0.15) is 5.82 Å². The number of para-hydroxylation sites is 1. The molecule has 0 fully saturated rings. The lowest BCUT2D eigenvalue weighted by atomic mass is 10.0. The summed E-state index contributed by atoms with van der Waals surface area (Å²) in [4.78, 5) is 0. The lowest BCUT2D eigenvalue weighted by Crippen LogP contribution is -2.18. The summed E-state index contributed by atoms with van der Waals surface area (Å²) in [6.45, 7) is 0. The SMILES string of the molecule is Fc1cccc(CC2Cc3ccccc3N2)c1. The van der Waals surface area contributed by atoms with E-state index in [9.17, 15) is 4.39 Å². The van der Waals surface area contributed by atoms with Crippen LogP contribution in [-0.2, 0) is 12.8 Å². The van der Waals surface area contributed by atoms with Crippen molar-refractivity contribution in [3.63, 3.8) is 0 Å². The van der Waals surface area contributed by atoms with Gasteiger partial charge >= 0.3 is 0 Å². The molecule has 1 nitrogen and oxygen atoms in total. The van der Waals surface area contributed by atoms with E-state index in [1.807, 2.05) is 12.1 Å². The molecule has 86 valence electrons. The Morgan fingerprint density at radius 3 is 2.82 bits per heavy atom. The maximum absolute atomic E-state index is 13.1. The zero-order valence-electron chi connectivity index (χ0n) is 9.49. The highest BCUT2D eigenvalue weighted by Crippen LogP contribution is 2.26. The fourth-order valence-electron chi connectivity index (χ4n) is 2.45. The predicted molar refractivity (Wildman–Crippen MR) is 67.7 cm³/mol. The third-order valence-corrected chi connectivity index (χ3v) is 3.21. The molecule has 0 spiro atoms. The van der Waals surface area contributed by atoms with Gasteiger partial charge in [0.2, 0.25) is 0 Å². The second-order valence-corrected chi connectivity index (χ2v) is 4.54. The number of anilines is 1. The summed E-state index contributed by atoms with van der Waals surface area (Å²) in [6, 6.07) is 15.6. The maximum atomic E-state index is 13.1. The van der Waals surface area contributed by atoms with Crippen molar-refractivity contribution < 1.29 is 4.39 Å². The van der Waals surface area contributed by atoms with Crippen molar-refractivity contribution in [1.29, 1.82) is 0 Å². The molecule has 1 atom stereocenters. The molecule has 17 heavy (non-hydrogen) atoms. The van der Waals surface area contributed by atoms with Gasteiger partial charge in [0.05, 0.1) is 0 Å². The van der Waals surface area contributed by atoms with E-state index in [1.165, 1.54) is 17.3 Å². The van der Waals surface area contributed by atoms with E-state index in [4.69, 9.17) is 0 Å². The number of fused-ring (bicyclic) bond motifs is 1. The Morgan fingerprint density at radius 2 is 2.00 bits per heavy atom. The van der Waals surface area contributed by atoms with Crippen molar-refractivity contribution in [3.8, 4) is 0 Å². The number of hydrogen-bond donors (Lipinski definition) is 1. The minimum absolute atomic E-state index is 0.155. The van der Waals surface area contributed by atoms with Crippen LogP contribution >= 0.6 is 0 Å². The van der Waals surface area contributed by atoms with Gasteiger partial charge in [-0.25, -0.2) is 4.39 Å². The van der Waals surface area contributed by atoms with Crippen LogP contribution in [0.5, 0.6) is 0 Å². The highest BCUT2D eigenvalue weighted by Gasteiger charge is 2.19. The Kier molecular flexibility index (Phi) is 2.56. The van der Waals surface area contributed by atoms with Gasteiger partial charge in [-0.3, -0.25) is 0 Å². The monoisotopic (exact) mass is 227 g/mol. The van der Waals surface area contributed by atoms with Crippen LogP contribution in [0.4, 0.5) is 10.1 Å². The van der Waals surface area contributed by atoms with Crippen molar-refractivity contribution in [1.82, 2.24) is 0 Å². The molecule has 3 rings (SSSR count). The zero-order valence-corrected chi connectivity index (χ0v) is 9.49. The molecule has 2 aromatic carbocycles. The molecule has 0 aromatic heterocycles. The standard InChI is InChI=1S/C15H14FN/c16-13-6-3-4-11(8-13)9-14-10-12-5-1-2-7-15(12)17-14/h1-8,14,17H,9-10H2. The molecule has 1 N–H and O–H groups in total. The lowest BCUT2D eigenvalue weighted by Gasteiger charge is -2.11. The predicted octanol–water partition coefficient (Wildman–Crippen LogP) is 3.41. The number of nitrogens with one attached hydrogen (secondary N) is 1. The molecule has 0 saturated carbocycles. The summed E-state index contributed by atoms with van der Waals surface area (Å²) in [5.74, 6) is -0.155. The van der Waals surface area contributed by atoms with Crippen molar-refractivity contribution in [3.05, 3.63) is 65.5 Å². The van der Waals surface area contributed by atoms with E-state index in [-0.39, 0.29) is 5.82 Å². The van der Waals surface area contributed by atoms with Gasteiger partial charge in [0, 0.05) is 11.7 Å². The average Bonchev–Trinajstić information content (AvgIpc) is 2.71. The highest BCUT2D eigenvalue weighted by atomic mass is 19.1. The molecule has 1 aliphatic heterocycles. The minimum Gasteiger partial charge on any atom is -0.381 e. The minimum atomic E-state index is -0.155. The Hall–Kier alpha value is -1.83. The number of benzene rings is 2. The molecule has 0 radical (unpaired) electrons. The number of hydrogen-bond acceptors (Lipinski definition) is 1. The van der Waals surface area contributed by atoms with Crippen molar-refractivity contribution in [2.75, 3.05) is 5.32 Å². The summed E-state index contributed by atoms with van der Waals surface area (Å²) in [5.41, 5.74) is 3.62. The molecule has 2 heteroatoms. The van der Waals surface area contributed by atoms with Crippen LogP contribution in [-0.4, -0.2) is 6.04 Å². The van der Waals surface area contributed by atoms with Crippen molar-refractivity contribution in [2.45, 2.75) is 18.9 Å². The van der Waals surface area contributed by atoms with E-state index in [1.54, 1.807) is 12.1 Å². The van der Waals surface area contributed by atoms with Gasteiger partial charge in [-0.1, -0.05) is 30.3 Å². The van der Waals surface area contributed by atoms with Crippen LogP contribution in [0.2, 0.25) is 0 Å². The van der Waals surface area contributed by atoms with E-state index < -0.39 is 0 Å². The van der Waals surface area contributed by atoms with Crippen LogP contribution in [0.1, 0.15) is 11.1 Å². The molecule has 2 aromatic rings. The summed E-state index contributed by atoms with van der Waals surface area (Å²) in [5, 5.41) is 3.48. The van der Waals surface area contributed by atoms with Gasteiger partial charge in [0.15, 0.2) is 0 Å². The molecule has 1 aliphatic rings. The zero-order chi connectivity index (χ0) is 11.7. The maximum Gasteiger partial charge on any atom is 0.123 e. The van der Waals surface area contributed by atoms with Gasteiger partial charge in [-0.2, -0.15) is 0 Å². The van der Waals surface area contributed by atoms with Crippen molar-refractivity contribution in [2.24, 2.45) is 0 Å². The molecular weight excluding hydrogens is 213 g/mol. The van der Waals surface area contributed by atoms with E-state index in [0.29, 0.717) is 6.04 Å².